The zero-order valence-corrected chi connectivity index (χ0v) is 19.2. The van der Waals surface area contributed by atoms with Crippen molar-refractivity contribution in [1.82, 2.24) is 0 Å². The van der Waals surface area contributed by atoms with Gasteiger partial charge in [-0.3, -0.25) is 0 Å². The molecule has 0 aliphatic rings. The van der Waals surface area contributed by atoms with Crippen LogP contribution in [0, 0.1) is 0 Å². The van der Waals surface area contributed by atoms with Gasteiger partial charge in [0.1, 0.15) is 0 Å². The molecule has 23 heavy (non-hydrogen) atoms. The molecule has 0 aromatic carbocycles. The summed E-state index contributed by atoms with van der Waals surface area (Å²) < 4.78 is 9.63. The van der Waals surface area contributed by atoms with Gasteiger partial charge >= 0.3 is 98.3 Å². The predicted octanol–water partition coefficient (Wildman–Crippen LogP) is 6.42. The molecule has 0 saturated carbocycles. The van der Waals surface area contributed by atoms with Gasteiger partial charge in [0.2, 0.25) is 0 Å². The van der Waals surface area contributed by atoms with E-state index in [4.69, 9.17) is 0 Å². The molecule has 0 spiro atoms. The second kappa shape index (κ2) is 19.5. The number of ether oxygens (including phenoxy) is 1. The van der Waals surface area contributed by atoms with E-state index in [1.807, 2.05) is 0 Å². The zero-order chi connectivity index (χ0) is 17.9. The van der Waals surface area contributed by atoms with Crippen molar-refractivity contribution in [2.45, 2.75) is 79.5 Å². The topological polar surface area (TPSA) is 26.3 Å². The Morgan fingerprint density at radius 1 is 1.00 bits per heavy atom. The molecule has 0 atom stereocenters. The molecule has 0 amide bonds. The summed E-state index contributed by atoms with van der Waals surface area (Å²) in [6.07, 6.45) is 13.2. The van der Waals surface area contributed by atoms with Gasteiger partial charge in [-0.15, -0.1) is 0 Å². The second-order valence-electron chi connectivity index (χ2n) is 6.04. The van der Waals surface area contributed by atoms with E-state index in [0.717, 1.165) is 0 Å². The van der Waals surface area contributed by atoms with E-state index in [2.05, 4.69) is 38.7 Å². The number of hydrogen-bond donors (Lipinski definition) is 0. The van der Waals surface area contributed by atoms with Gasteiger partial charge in [0.15, 0.2) is 0 Å². The van der Waals surface area contributed by atoms with Gasteiger partial charge in [0.25, 0.3) is 0 Å². The molecule has 0 rings (SSSR count). The van der Waals surface area contributed by atoms with Crippen molar-refractivity contribution in [3.63, 3.8) is 0 Å². The normalized spacial score (nSPS) is 10.3. The van der Waals surface area contributed by atoms with Crippen molar-refractivity contribution in [1.29, 1.82) is 0 Å². The van der Waals surface area contributed by atoms with Crippen LogP contribution in [0.1, 0.15) is 66.2 Å². The Bertz CT molecular complexity index is 316. The molecule has 134 valence electrons. The Morgan fingerprint density at radius 2 is 1.43 bits per heavy atom. The van der Waals surface area contributed by atoms with Gasteiger partial charge in [-0.25, -0.2) is 4.79 Å². The van der Waals surface area contributed by atoms with Crippen LogP contribution in [0.15, 0.2) is 37.1 Å². The summed E-state index contributed by atoms with van der Waals surface area (Å²) in [7, 11) is 0. The number of allylic oxidation sites excluding steroid dienone is 2. The molecular formula is C20H38O2Sn. The molecule has 0 unspecified atom stereocenters. The summed E-state index contributed by atoms with van der Waals surface area (Å²) in [6.45, 7) is 15.4. The van der Waals surface area contributed by atoms with E-state index in [1.54, 1.807) is 20.2 Å². The van der Waals surface area contributed by atoms with Gasteiger partial charge in [0, 0.05) is 5.57 Å². The van der Waals surface area contributed by atoms with Crippen molar-refractivity contribution < 1.29 is 9.53 Å². The van der Waals surface area contributed by atoms with Gasteiger partial charge in [-0.1, -0.05) is 19.2 Å². The number of carbonyl (C=O) groups excluding carboxylic acids is 1. The van der Waals surface area contributed by atoms with E-state index in [0.29, 0.717) is 5.57 Å². The Labute approximate surface area is 151 Å². The SMILES string of the molecule is C=CC=COC(=O)C(=C)C.CCC[CH2][SnH]([CH2]CCC)[CH2]CCC. The molecule has 0 saturated heterocycles. The Hall–Kier alpha value is -0.511. The third-order valence-electron chi connectivity index (χ3n) is 3.64. The van der Waals surface area contributed by atoms with Gasteiger partial charge in [-0.05, 0) is 13.0 Å². The van der Waals surface area contributed by atoms with Gasteiger partial charge in [-0.2, -0.15) is 0 Å². The Morgan fingerprint density at radius 3 is 1.74 bits per heavy atom. The molecule has 0 fully saturated rings. The molecular weight excluding hydrogens is 391 g/mol. The van der Waals surface area contributed by atoms with Crippen LogP contribution in [0.2, 0.25) is 13.3 Å². The summed E-state index contributed by atoms with van der Waals surface area (Å²) in [4.78, 5) is 10.6. The first-order chi connectivity index (χ1) is 11.0. The van der Waals surface area contributed by atoms with Crippen molar-refractivity contribution in [3.8, 4) is 0 Å². The van der Waals surface area contributed by atoms with Crippen LogP contribution in [-0.4, -0.2) is 25.7 Å². The molecule has 0 aliphatic carbocycles. The fraction of sp³-hybridized carbons (Fsp3) is 0.650. The third-order valence-corrected chi connectivity index (χ3v) is 14.1. The summed E-state index contributed by atoms with van der Waals surface area (Å²) >= 11 is -0.967. The van der Waals surface area contributed by atoms with Crippen LogP contribution >= 0.6 is 0 Å². The molecule has 0 N–H and O–H groups in total. The quantitative estimate of drug-likeness (QED) is 0.118. The van der Waals surface area contributed by atoms with Crippen LogP contribution in [0.25, 0.3) is 0 Å². The number of hydrogen-bond acceptors (Lipinski definition) is 2. The van der Waals surface area contributed by atoms with E-state index in [1.165, 1.54) is 56.9 Å². The van der Waals surface area contributed by atoms with E-state index >= 15 is 0 Å². The molecule has 0 radical (unpaired) electrons. The molecule has 0 aromatic rings. The first-order valence-electron chi connectivity index (χ1n) is 9.17. The number of rotatable bonds is 12. The number of unbranched alkanes of at least 4 members (excludes halogenated alkanes) is 3. The molecule has 0 aromatic heterocycles. The van der Waals surface area contributed by atoms with Crippen LogP contribution in [0.3, 0.4) is 0 Å². The standard InChI is InChI=1S/C8H10O2.3C4H9.Sn.H/c1-4-5-6-10-8(9)7(2)3;3*1-3-4-2;;/h4-6H,1-2H2,3H3;3*1,3-4H2,2H3;;. The Balaban J connectivity index is 0. The van der Waals surface area contributed by atoms with Gasteiger partial charge < -0.3 is 4.74 Å². The first-order valence-corrected chi connectivity index (χ1v) is 16.2. The third kappa shape index (κ3) is 19.4. The molecule has 2 nitrogen and oxygen atoms in total. The Kier molecular flexibility index (Phi) is 21.0. The van der Waals surface area contributed by atoms with E-state index < -0.39 is 25.7 Å². The van der Waals surface area contributed by atoms with Crippen molar-refractivity contribution in [2.24, 2.45) is 0 Å². The fourth-order valence-electron chi connectivity index (χ4n) is 2.17. The average Bonchev–Trinajstić information content (AvgIpc) is 2.54. The summed E-state index contributed by atoms with van der Waals surface area (Å²) in [5.74, 6) is -0.418. The predicted molar refractivity (Wildman–Crippen MR) is 107 cm³/mol. The number of carbonyl (C=O) groups is 1. The van der Waals surface area contributed by atoms with Crippen molar-refractivity contribution in [3.05, 3.63) is 37.1 Å². The summed E-state index contributed by atoms with van der Waals surface area (Å²) in [6, 6.07) is 0. The summed E-state index contributed by atoms with van der Waals surface area (Å²) in [5, 5.41) is 0. The second-order valence-corrected chi connectivity index (χ2v) is 15.9. The van der Waals surface area contributed by atoms with E-state index in [-0.39, 0.29) is 0 Å². The minimum atomic E-state index is -0.967. The van der Waals surface area contributed by atoms with Crippen LogP contribution < -0.4 is 0 Å². The molecule has 0 aliphatic heterocycles. The van der Waals surface area contributed by atoms with E-state index in [9.17, 15) is 4.79 Å². The van der Waals surface area contributed by atoms with Crippen molar-refractivity contribution in [2.75, 3.05) is 0 Å². The molecule has 0 heterocycles. The number of esters is 1. The zero-order valence-electron chi connectivity index (χ0n) is 15.9. The average molecular weight is 429 g/mol. The monoisotopic (exact) mass is 430 g/mol. The molecule has 3 heteroatoms. The minimum absolute atomic E-state index is 0.383. The molecule has 0 bridgehead atoms. The van der Waals surface area contributed by atoms with Crippen molar-refractivity contribution >= 4 is 25.7 Å². The maximum atomic E-state index is 10.6. The van der Waals surface area contributed by atoms with Crippen LogP contribution in [0.4, 0.5) is 0 Å². The first kappa shape index (κ1) is 24.7. The van der Waals surface area contributed by atoms with Crippen LogP contribution in [0.5, 0.6) is 0 Å². The maximum absolute atomic E-state index is 10.6. The summed E-state index contributed by atoms with van der Waals surface area (Å²) in [5.41, 5.74) is 0.383. The van der Waals surface area contributed by atoms with Gasteiger partial charge in [0.05, 0.1) is 6.26 Å². The fourth-order valence-corrected chi connectivity index (χ4v) is 13.1. The van der Waals surface area contributed by atoms with Crippen LogP contribution in [-0.2, 0) is 9.53 Å².